The molecular formula is C17H16FN3. The lowest BCUT2D eigenvalue weighted by molar-refractivity contribution is 0.622. The first-order chi connectivity index (χ1) is 10.2. The molecule has 0 fully saturated rings. The first kappa shape index (κ1) is 13.4. The molecule has 1 aliphatic heterocycles. The van der Waals surface area contributed by atoms with Crippen molar-refractivity contribution < 1.29 is 4.39 Å². The Bertz CT molecular complexity index is 718. The summed E-state index contributed by atoms with van der Waals surface area (Å²) in [5, 5.41) is 8.92. The van der Waals surface area contributed by atoms with Crippen molar-refractivity contribution >= 4 is 11.4 Å². The quantitative estimate of drug-likeness (QED) is 0.860. The Morgan fingerprint density at radius 3 is 2.90 bits per heavy atom. The van der Waals surface area contributed by atoms with Crippen LogP contribution in [0.25, 0.3) is 0 Å². The number of nitrogen functional groups attached to an aromatic ring is 1. The topological polar surface area (TPSA) is 53.0 Å². The zero-order chi connectivity index (χ0) is 14.8. The van der Waals surface area contributed by atoms with Gasteiger partial charge >= 0.3 is 0 Å². The molecule has 0 saturated heterocycles. The molecule has 0 spiro atoms. The second-order valence-corrected chi connectivity index (χ2v) is 5.34. The molecule has 3 rings (SSSR count). The zero-order valence-electron chi connectivity index (χ0n) is 11.6. The van der Waals surface area contributed by atoms with Crippen LogP contribution < -0.4 is 10.6 Å². The molecule has 0 bridgehead atoms. The Morgan fingerprint density at radius 2 is 2.10 bits per heavy atom. The number of fused-ring (bicyclic) bond motifs is 1. The fourth-order valence-electron chi connectivity index (χ4n) is 2.81. The fraction of sp³-hybridized carbons (Fsp3) is 0.235. The largest absolute Gasteiger partial charge is 0.399 e. The van der Waals surface area contributed by atoms with Crippen LogP contribution in [0.5, 0.6) is 0 Å². The maximum Gasteiger partial charge on any atom is 0.140 e. The highest BCUT2D eigenvalue weighted by atomic mass is 19.1. The smallest absolute Gasteiger partial charge is 0.140 e. The van der Waals surface area contributed by atoms with Crippen molar-refractivity contribution in [1.29, 1.82) is 5.26 Å². The second kappa shape index (κ2) is 5.45. The minimum Gasteiger partial charge on any atom is -0.399 e. The van der Waals surface area contributed by atoms with Crippen LogP contribution in [0.2, 0.25) is 0 Å². The summed E-state index contributed by atoms with van der Waals surface area (Å²) >= 11 is 0. The molecule has 4 heteroatoms. The lowest BCUT2D eigenvalue weighted by Crippen LogP contribution is -2.28. The molecule has 21 heavy (non-hydrogen) atoms. The lowest BCUT2D eigenvalue weighted by Gasteiger charge is -2.31. The number of benzene rings is 2. The minimum absolute atomic E-state index is 0.0947. The average Bonchev–Trinajstić information content (AvgIpc) is 2.50. The van der Waals surface area contributed by atoms with Crippen molar-refractivity contribution in [2.45, 2.75) is 19.4 Å². The Labute approximate surface area is 123 Å². The first-order valence-electron chi connectivity index (χ1n) is 6.99. The van der Waals surface area contributed by atoms with E-state index in [4.69, 9.17) is 11.0 Å². The summed E-state index contributed by atoms with van der Waals surface area (Å²) < 4.78 is 13.4. The number of nitrogens with zero attached hydrogens (tertiary/aromatic N) is 2. The van der Waals surface area contributed by atoms with E-state index < -0.39 is 5.82 Å². The highest BCUT2D eigenvalue weighted by Gasteiger charge is 2.17. The normalized spacial score (nSPS) is 13.6. The molecule has 1 heterocycles. The number of halogens is 1. The molecule has 0 radical (unpaired) electrons. The lowest BCUT2D eigenvalue weighted by atomic mass is 10.00. The summed E-state index contributed by atoms with van der Waals surface area (Å²) in [4.78, 5) is 2.24. The third-order valence-corrected chi connectivity index (χ3v) is 3.85. The zero-order valence-corrected chi connectivity index (χ0v) is 11.6. The molecular weight excluding hydrogens is 265 g/mol. The van der Waals surface area contributed by atoms with Crippen molar-refractivity contribution in [3.05, 3.63) is 58.9 Å². The van der Waals surface area contributed by atoms with E-state index in [0.29, 0.717) is 6.54 Å². The highest BCUT2D eigenvalue weighted by molar-refractivity contribution is 5.62. The van der Waals surface area contributed by atoms with Crippen LogP contribution in [0.1, 0.15) is 23.1 Å². The van der Waals surface area contributed by atoms with Gasteiger partial charge in [-0.3, -0.25) is 0 Å². The van der Waals surface area contributed by atoms with Gasteiger partial charge in [0.15, 0.2) is 0 Å². The Morgan fingerprint density at radius 1 is 1.24 bits per heavy atom. The minimum atomic E-state index is -0.468. The monoisotopic (exact) mass is 281 g/mol. The van der Waals surface area contributed by atoms with Crippen molar-refractivity contribution in [3.8, 4) is 6.07 Å². The summed E-state index contributed by atoms with van der Waals surface area (Å²) in [5.74, 6) is -0.468. The van der Waals surface area contributed by atoms with E-state index in [0.717, 1.165) is 36.3 Å². The van der Waals surface area contributed by atoms with Gasteiger partial charge in [0.05, 0.1) is 5.56 Å². The van der Waals surface area contributed by atoms with E-state index in [9.17, 15) is 4.39 Å². The van der Waals surface area contributed by atoms with E-state index in [1.807, 2.05) is 18.2 Å². The number of nitrogens with two attached hydrogens (primary N) is 1. The molecule has 1 aliphatic rings. The fourth-order valence-corrected chi connectivity index (χ4v) is 2.81. The van der Waals surface area contributed by atoms with Gasteiger partial charge in [0.2, 0.25) is 0 Å². The van der Waals surface area contributed by atoms with Crippen molar-refractivity contribution in [3.63, 3.8) is 0 Å². The number of hydrogen-bond donors (Lipinski definition) is 1. The molecule has 0 unspecified atom stereocenters. The molecule has 2 aromatic carbocycles. The van der Waals surface area contributed by atoms with Gasteiger partial charge in [-0.2, -0.15) is 5.26 Å². The Balaban J connectivity index is 1.90. The van der Waals surface area contributed by atoms with Gasteiger partial charge in [-0.15, -0.1) is 0 Å². The van der Waals surface area contributed by atoms with Crippen molar-refractivity contribution in [2.75, 3.05) is 17.2 Å². The summed E-state index contributed by atoms with van der Waals surface area (Å²) in [6, 6.07) is 12.6. The number of rotatable bonds is 2. The highest BCUT2D eigenvalue weighted by Crippen LogP contribution is 2.30. The molecule has 0 aliphatic carbocycles. The molecule has 0 atom stereocenters. The van der Waals surface area contributed by atoms with Crippen molar-refractivity contribution in [2.24, 2.45) is 0 Å². The van der Waals surface area contributed by atoms with Crippen LogP contribution in [-0.2, 0) is 13.0 Å². The Kier molecular flexibility index (Phi) is 3.49. The van der Waals surface area contributed by atoms with Gasteiger partial charge in [0, 0.05) is 24.5 Å². The number of anilines is 2. The standard InChI is InChI=1S/C17H16FN3/c18-16-6-3-12(8-14(16)10-19)11-21-7-1-2-13-4-5-15(20)9-17(13)21/h3-6,8-9H,1-2,7,11,20H2. The number of aryl methyl sites for hydroxylation is 1. The van der Waals surface area contributed by atoms with Gasteiger partial charge in [-0.25, -0.2) is 4.39 Å². The average molecular weight is 281 g/mol. The first-order valence-corrected chi connectivity index (χ1v) is 6.99. The third-order valence-electron chi connectivity index (χ3n) is 3.85. The van der Waals surface area contributed by atoms with Gasteiger partial charge in [0.25, 0.3) is 0 Å². The molecule has 3 nitrogen and oxygen atoms in total. The number of hydrogen-bond acceptors (Lipinski definition) is 3. The Hall–Kier alpha value is -2.54. The van der Waals surface area contributed by atoms with Crippen molar-refractivity contribution in [1.82, 2.24) is 0 Å². The van der Waals surface area contributed by atoms with Gasteiger partial charge in [-0.1, -0.05) is 12.1 Å². The third kappa shape index (κ3) is 2.68. The molecule has 0 amide bonds. The maximum atomic E-state index is 13.4. The van der Waals surface area contributed by atoms with E-state index in [2.05, 4.69) is 11.0 Å². The van der Waals surface area contributed by atoms with Crippen LogP contribution in [0.15, 0.2) is 36.4 Å². The van der Waals surface area contributed by atoms with E-state index in [1.165, 1.54) is 11.6 Å². The van der Waals surface area contributed by atoms with E-state index >= 15 is 0 Å². The van der Waals surface area contributed by atoms with Gasteiger partial charge < -0.3 is 10.6 Å². The van der Waals surface area contributed by atoms with Crippen LogP contribution in [0, 0.1) is 17.1 Å². The number of nitriles is 1. The van der Waals surface area contributed by atoms with Gasteiger partial charge in [0.1, 0.15) is 11.9 Å². The van der Waals surface area contributed by atoms with Crippen LogP contribution in [0.3, 0.4) is 0 Å². The molecule has 2 aromatic rings. The van der Waals surface area contributed by atoms with E-state index in [-0.39, 0.29) is 5.56 Å². The molecule has 2 N–H and O–H groups in total. The molecule has 0 aromatic heterocycles. The SMILES string of the molecule is N#Cc1cc(CN2CCCc3ccc(N)cc32)ccc1F. The van der Waals surface area contributed by atoms with Crippen LogP contribution in [-0.4, -0.2) is 6.54 Å². The predicted molar refractivity (Wildman–Crippen MR) is 81.3 cm³/mol. The van der Waals surface area contributed by atoms with Crippen LogP contribution >= 0.6 is 0 Å². The molecule has 0 saturated carbocycles. The summed E-state index contributed by atoms with van der Waals surface area (Å²) in [6.45, 7) is 1.60. The maximum absolute atomic E-state index is 13.4. The molecule has 106 valence electrons. The second-order valence-electron chi connectivity index (χ2n) is 5.34. The summed E-state index contributed by atoms with van der Waals surface area (Å²) in [7, 11) is 0. The van der Waals surface area contributed by atoms with E-state index in [1.54, 1.807) is 12.1 Å². The van der Waals surface area contributed by atoms with Crippen LogP contribution in [0.4, 0.5) is 15.8 Å². The predicted octanol–water partition coefficient (Wildman–Crippen LogP) is 3.23. The summed E-state index contributed by atoms with van der Waals surface area (Å²) in [6.07, 6.45) is 2.14. The summed E-state index contributed by atoms with van der Waals surface area (Å²) in [5.41, 5.74) is 10.1. The van der Waals surface area contributed by atoms with Gasteiger partial charge in [-0.05, 0) is 48.2 Å².